The van der Waals surface area contributed by atoms with Gasteiger partial charge in [0.2, 0.25) is 0 Å². The smallest absolute Gasteiger partial charge is 0.0716 e. The van der Waals surface area contributed by atoms with E-state index in [0.29, 0.717) is 0 Å². The molecule has 2 rings (SSSR count). The van der Waals surface area contributed by atoms with Gasteiger partial charge in [0.05, 0.1) is 13.2 Å². The van der Waals surface area contributed by atoms with Crippen LogP contribution in [0.3, 0.4) is 0 Å². The van der Waals surface area contributed by atoms with E-state index in [1.54, 1.807) is 0 Å². The molecule has 0 heterocycles. The topological polar surface area (TPSA) is 18.5 Å². The van der Waals surface area contributed by atoms with Crippen LogP contribution in [0, 0.1) is 6.92 Å². The number of hydrogen-bond donors (Lipinski definition) is 0. The van der Waals surface area contributed by atoms with Crippen molar-refractivity contribution in [3.05, 3.63) is 71.3 Å². The second kappa shape index (κ2) is 17.5. The molecule has 2 nitrogen and oxygen atoms in total. The van der Waals surface area contributed by atoms with E-state index in [1.165, 1.54) is 55.2 Å². The second-order valence-electron chi connectivity index (χ2n) is 7.34. The third kappa shape index (κ3) is 13.5. The van der Waals surface area contributed by atoms with E-state index in [4.69, 9.17) is 9.47 Å². The maximum Gasteiger partial charge on any atom is 0.0716 e. The first-order valence-corrected chi connectivity index (χ1v) is 11.0. The molecule has 0 unspecified atom stereocenters. The van der Waals surface area contributed by atoms with Crippen LogP contribution in [0.25, 0.3) is 0 Å². The summed E-state index contributed by atoms with van der Waals surface area (Å²) in [6, 6.07) is 18.9. The summed E-state index contributed by atoms with van der Waals surface area (Å²) in [6.07, 6.45) is 8.89. The first-order chi connectivity index (χ1) is 13.8. The lowest BCUT2D eigenvalue weighted by molar-refractivity contribution is 0.116. The van der Waals surface area contributed by atoms with Crippen molar-refractivity contribution < 1.29 is 9.47 Å². The standard InChI is InChI=1S/C15H24O.C11H16O/c1-3-4-5-6-7-12-16-13-15-10-8-14(2)9-11-15;1-2-3-9-12-10-11-7-5-4-6-8-11/h8-11H,3-7,12-13H2,1-2H3;4-8H,2-3,9-10H2,1H3. The quantitative estimate of drug-likeness (QED) is 0.333. The van der Waals surface area contributed by atoms with E-state index >= 15 is 0 Å². The fourth-order valence-corrected chi connectivity index (χ4v) is 2.69. The first kappa shape index (κ1) is 24.4. The van der Waals surface area contributed by atoms with E-state index < -0.39 is 0 Å². The normalized spacial score (nSPS) is 10.4. The molecule has 0 aliphatic heterocycles. The van der Waals surface area contributed by atoms with E-state index in [9.17, 15) is 0 Å². The van der Waals surface area contributed by atoms with Crippen LogP contribution in [-0.2, 0) is 22.7 Å². The molecule has 0 fully saturated rings. The Kier molecular flexibility index (Phi) is 15.2. The Balaban J connectivity index is 0.000000292. The third-order valence-electron chi connectivity index (χ3n) is 4.54. The van der Waals surface area contributed by atoms with E-state index in [-0.39, 0.29) is 0 Å². The maximum absolute atomic E-state index is 5.64. The van der Waals surface area contributed by atoms with Crippen LogP contribution >= 0.6 is 0 Å². The Morgan fingerprint density at radius 2 is 1.11 bits per heavy atom. The Bertz CT molecular complexity index is 563. The number of aryl methyl sites for hydroxylation is 1. The predicted molar refractivity (Wildman–Crippen MR) is 121 cm³/mol. The van der Waals surface area contributed by atoms with E-state index in [1.807, 2.05) is 18.2 Å². The molecule has 28 heavy (non-hydrogen) atoms. The van der Waals surface area contributed by atoms with Gasteiger partial charge in [-0.3, -0.25) is 0 Å². The van der Waals surface area contributed by atoms with Gasteiger partial charge in [0, 0.05) is 13.2 Å². The molecule has 0 spiro atoms. The van der Waals surface area contributed by atoms with Crippen molar-refractivity contribution in [3.8, 4) is 0 Å². The molecule has 0 aliphatic rings. The van der Waals surface area contributed by atoms with Gasteiger partial charge >= 0.3 is 0 Å². The average Bonchev–Trinajstić information content (AvgIpc) is 2.73. The van der Waals surface area contributed by atoms with Crippen LogP contribution in [0.4, 0.5) is 0 Å². The summed E-state index contributed by atoms with van der Waals surface area (Å²) < 4.78 is 11.1. The minimum atomic E-state index is 0.751. The summed E-state index contributed by atoms with van der Waals surface area (Å²) in [4.78, 5) is 0. The highest BCUT2D eigenvalue weighted by Gasteiger charge is 1.94. The van der Waals surface area contributed by atoms with Gasteiger partial charge in [-0.15, -0.1) is 0 Å². The molecule has 2 aromatic rings. The first-order valence-electron chi connectivity index (χ1n) is 11.0. The van der Waals surface area contributed by atoms with Gasteiger partial charge in [0.25, 0.3) is 0 Å². The van der Waals surface area contributed by atoms with Crippen LogP contribution in [-0.4, -0.2) is 13.2 Å². The highest BCUT2D eigenvalue weighted by atomic mass is 16.5. The van der Waals surface area contributed by atoms with Crippen LogP contribution in [0.2, 0.25) is 0 Å². The molecule has 156 valence electrons. The van der Waals surface area contributed by atoms with Crippen molar-refractivity contribution >= 4 is 0 Å². The Morgan fingerprint density at radius 3 is 1.71 bits per heavy atom. The van der Waals surface area contributed by atoms with Crippen molar-refractivity contribution in [2.24, 2.45) is 0 Å². The Morgan fingerprint density at radius 1 is 0.571 bits per heavy atom. The molecule has 0 amide bonds. The highest BCUT2D eigenvalue weighted by Crippen LogP contribution is 2.06. The lowest BCUT2D eigenvalue weighted by Crippen LogP contribution is -1.95. The molecule has 0 atom stereocenters. The lowest BCUT2D eigenvalue weighted by atomic mass is 10.1. The monoisotopic (exact) mass is 384 g/mol. The molecular weight excluding hydrogens is 344 g/mol. The molecule has 0 radical (unpaired) electrons. The SMILES string of the molecule is CCCCCCCOCc1ccc(C)cc1.CCCCOCc1ccccc1. The molecule has 0 N–H and O–H groups in total. The van der Waals surface area contributed by atoms with Crippen molar-refractivity contribution in [1.29, 1.82) is 0 Å². The van der Waals surface area contributed by atoms with Gasteiger partial charge in [-0.2, -0.15) is 0 Å². The van der Waals surface area contributed by atoms with Gasteiger partial charge < -0.3 is 9.47 Å². The van der Waals surface area contributed by atoms with Gasteiger partial charge in [-0.05, 0) is 30.9 Å². The van der Waals surface area contributed by atoms with Gasteiger partial charge in [-0.1, -0.05) is 106 Å². The van der Waals surface area contributed by atoms with Crippen molar-refractivity contribution in [3.63, 3.8) is 0 Å². The van der Waals surface area contributed by atoms with Crippen molar-refractivity contribution in [2.75, 3.05) is 13.2 Å². The average molecular weight is 385 g/mol. The van der Waals surface area contributed by atoms with Crippen LogP contribution in [0.15, 0.2) is 54.6 Å². The largest absolute Gasteiger partial charge is 0.377 e. The number of ether oxygens (including phenoxy) is 2. The van der Waals surface area contributed by atoms with Crippen LogP contribution in [0.5, 0.6) is 0 Å². The minimum absolute atomic E-state index is 0.751. The number of unbranched alkanes of at least 4 members (excludes halogenated alkanes) is 5. The van der Waals surface area contributed by atoms with E-state index in [0.717, 1.165) is 32.8 Å². The zero-order chi connectivity index (χ0) is 20.3. The third-order valence-corrected chi connectivity index (χ3v) is 4.54. The Hall–Kier alpha value is -1.64. The summed E-state index contributed by atoms with van der Waals surface area (Å²) in [5, 5.41) is 0. The second-order valence-corrected chi connectivity index (χ2v) is 7.34. The van der Waals surface area contributed by atoms with Gasteiger partial charge in [0.15, 0.2) is 0 Å². The highest BCUT2D eigenvalue weighted by molar-refractivity contribution is 5.20. The summed E-state index contributed by atoms with van der Waals surface area (Å²) in [7, 11) is 0. The molecular formula is C26H40O2. The van der Waals surface area contributed by atoms with Crippen LogP contribution < -0.4 is 0 Å². The fourth-order valence-electron chi connectivity index (χ4n) is 2.69. The lowest BCUT2D eigenvalue weighted by Gasteiger charge is -2.04. The molecule has 0 saturated heterocycles. The maximum atomic E-state index is 5.64. The Labute approximate surface area is 173 Å². The van der Waals surface area contributed by atoms with Crippen molar-refractivity contribution in [2.45, 2.75) is 78.9 Å². The number of benzene rings is 2. The summed E-state index contributed by atoms with van der Waals surface area (Å²) in [6.45, 7) is 9.82. The minimum Gasteiger partial charge on any atom is -0.377 e. The zero-order valence-electron chi connectivity index (χ0n) is 18.3. The van der Waals surface area contributed by atoms with Crippen LogP contribution in [0.1, 0.15) is 75.5 Å². The van der Waals surface area contributed by atoms with E-state index in [2.05, 4.69) is 57.2 Å². The molecule has 0 aromatic heterocycles. The predicted octanol–water partition coefficient (Wildman–Crippen LogP) is 7.49. The molecule has 0 bridgehead atoms. The molecule has 2 aromatic carbocycles. The summed E-state index contributed by atoms with van der Waals surface area (Å²) >= 11 is 0. The number of hydrogen-bond acceptors (Lipinski definition) is 2. The summed E-state index contributed by atoms with van der Waals surface area (Å²) in [5.74, 6) is 0. The number of rotatable bonds is 13. The fraction of sp³-hybridized carbons (Fsp3) is 0.538. The van der Waals surface area contributed by atoms with Gasteiger partial charge in [0.1, 0.15) is 0 Å². The zero-order valence-corrected chi connectivity index (χ0v) is 18.3. The molecule has 0 aliphatic carbocycles. The summed E-state index contributed by atoms with van der Waals surface area (Å²) in [5.41, 5.74) is 3.84. The van der Waals surface area contributed by atoms with Gasteiger partial charge in [-0.25, -0.2) is 0 Å². The molecule has 0 saturated carbocycles. The van der Waals surface area contributed by atoms with Crippen molar-refractivity contribution in [1.82, 2.24) is 0 Å². The molecule has 2 heteroatoms.